The van der Waals surface area contributed by atoms with Crippen LogP contribution in [0.1, 0.15) is 17.2 Å². The molecule has 1 heterocycles. The molecule has 2 rings (SSSR count). The molecule has 0 aliphatic rings. The molecule has 2 aromatic rings. The Morgan fingerprint density at radius 1 is 1.35 bits per heavy atom. The van der Waals surface area contributed by atoms with Crippen molar-refractivity contribution in [3.8, 4) is 0 Å². The van der Waals surface area contributed by atoms with Crippen LogP contribution in [0, 0.1) is 6.92 Å². The average Bonchev–Trinajstić information content (AvgIpc) is 2.86. The van der Waals surface area contributed by atoms with Crippen LogP contribution in [-0.2, 0) is 0 Å². The lowest BCUT2D eigenvalue weighted by Gasteiger charge is -2.14. The van der Waals surface area contributed by atoms with E-state index in [1.807, 2.05) is 11.8 Å². The van der Waals surface area contributed by atoms with E-state index in [0.717, 1.165) is 5.75 Å². The molecule has 0 spiro atoms. The molecule has 1 aromatic carbocycles. The molecule has 0 saturated heterocycles. The van der Waals surface area contributed by atoms with Crippen LogP contribution in [0.2, 0.25) is 0 Å². The quantitative estimate of drug-likeness (QED) is 0.494. The van der Waals surface area contributed by atoms with Gasteiger partial charge >= 0.3 is 0 Å². The van der Waals surface area contributed by atoms with E-state index in [4.69, 9.17) is 5.84 Å². The smallest absolute Gasteiger partial charge is 0.0562 e. The Balaban J connectivity index is 2.00. The van der Waals surface area contributed by atoms with Crippen LogP contribution in [0.5, 0.6) is 0 Å². The first-order chi connectivity index (χ1) is 8.31. The molecule has 1 aromatic heterocycles. The molecule has 0 aliphatic carbocycles. The van der Waals surface area contributed by atoms with Gasteiger partial charge in [0.05, 0.1) is 6.04 Å². The van der Waals surface area contributed by atoms with Gasteiger partial charge in [0.15, 0.2) is 0 Å². The normalized spacial score (nSPS) is 12.6. The van der Waals surface area contributed by atoms with Crippen molar-refractivity contribution in [3.63, 3.8) is 0 Å². The number of aryl methyl sites for hydroxylation is 1. The number of hydrogen-bond acceptors (Lipinski definition) is 4. The zero-order valence-corrected chi connectivity index (χ0v) is 11.4. The predicted octanol–water partition coefficient (Wildman–Crippen LogP) is 3.35. The number of nitrogens with one attached hydrogen (secondary N) is 1. The molecule has 0 radical (unpaired) electrons. The van der Waals surface area contributed by atoms with Crippen LogP contribution >= 0.6 is 23.1 Å². The summed E-state index contributed by atoms with van der Waals surface area (Å²) in [5, 5.41) is 4.22. The topological polar surface area (TPSA) is 38.0 Å². The fourth-order valence-electron chi connectivity index (χ4n) is 1.61. The molecule has 90 valence electrons. The summed E-state index contributed by atoms with van der Waals surface area (Å²) in [7, 11) is 0. The van der Waals surface area contributed by atoms with Crippen molar-refractivity contribution in [1.29, 1.82) is 0 Å². The standard InChI is InChI=1S/C13H16N2S2/c1-10-4-2-3-5-13(10)17-9-12(15-14)11-6-7-16-8-11/h2-8,12,15H,9,14H2,1H3. The maximum atomic E-state index is 5.61. The van der Waals surface area contributed by atoms with E-state index in [1.165, 1.54) is 16.0 Å². The third kappa shape index (κ3) is 3.33. The molecule has 0 bridgehead atoms. The molecule has 0 fully saturated rings. The molecule has 0 amide bonds. The molecular weight excluding hydrogens is 248 g/mol. The van der Waals surface area contributed by atoms with Crippen molar-refractivity contribution in [1.82, 2.24) is 5.43 Å². The summed E-state index contributed by atoms with van der Waals surface area (Å²) in [4.78, 5) is 1.32. The van der Waals surface area contributed by atoms with Gasteiger partial charge in [-0.15, -0.1) is 11.8 Å². The van der Waals surface area contributed by atoms with E-state index in [2.05, 4.69) is 53.4 Å². The van der Waals surface area contributed by atoms with Crippen LogP contribution in [-0.4, -0.2) is 5.75 Å². The van der Waals surface area contributed by atoms with E-state index in [0.29, 0.717) is 0 Å². The first kappa shape index (κ1) is 12.6. The monoisotopic (exact) mass is 264 g/mol. The minimum Gasteiger partial charge on any atom is -0.271 e. The van der Waals surface area contributed by atoms with Gasteiger partial charge in [-0.1, -0.05) is 18.2 Å². The van der Waals surface area contributed by atoms with Gasteiger partial charge < -0.3 is 0 Å². The van der Waals surface area contributed by atoms with Gasteiger partial charge in [-0.3, -0.25) is 11.3 Å². The molecule has 3 N–H and O–H groups in total. The van der Waals surface area contributed by atoms with Crippen molar-refractivity contribution in [2.24, 2.45) is 5.84 Å². The molecular formula is C13H16N2S2. The summed E-state index contributed by atoms with van der Waals surface area (Å²) in [5.74, 6) is 6.55. The summed E-state index contributed by atoms with van der Waals surface area (Å²) in [6.07, 6.45) is 0. The molecule has 0 aliphatic heterocycles. The molecule has 1 unspecified atom stereocenters. The summed E-state index contributed by atoms with van der Waals surface area (Å²) < 4.78 is 0. The molecule has 17 heavy (non-hydrogen) atoms. The van der Waals surface area contributed by atoms with E-state index in [1.54, 1.807) is 11.3 Å². The van der Waals surface area contributed by atoms with Crippen LogP contribution in [0.15, 0.2) is 46.0 Å². The summed E-state index contributed by atoms with van der Waals surface area (Å²) in [6, 6.07) is 10.8. The fourth-order valence-corrected chi connectivity index (χ4v) is 3.42. The third-order valence-corrected chi connectivity index (χ3v) is 4.62. The van der Waals surface area contributed by atoms with Crippen molar-refractivity contribution >= 4 is 23.1 Å². The van der Waals surface area contributed by atoms with Gasteiger partial charge in [-0.05, 0) is 40.9 Å². The van der Waals surface area contributed by atoms with Crippen LogP contribution in [0.4, 0.5) is 0 Å². The van der Waals surface area contributed by atoms with E-state index < -0.39 is 0 Å². The second-order valence-corrected chi connectivity index (χ2v) is 5.69. The number of rotatable bonds is 5. The highest BCUT2D eigenvalue weighted by Crippen LogP contribution is 2.27. The molecule has 4 heteroatoms. The maximum absolute atomic E-state index is 5.61. The lowest BCUT2D eigenvalue weighted by atomic mass is 10.2. The van der Waals surface area contributed by atoms with Crippen LogP contribution < -0.4 is 11.3 Å². The van der Waals surface area contributed by atoms with Crippen LogP contribution in [0.25, 0.3) is 0 Å². The Labute approximate surface area is 110 Å². The lowest BCUT2D eigenvalue weighted by molar-refractivity contribution is 0.612. The van der Waals surface area contributed by atoms with Crippen molar-refractivity contribution in [2.75, 3.05) is 5.75 Å². The maximum Gasteiger partial charge on any atom is 0.0562 e. The van der Waals surface area contributed by atoms with E-state index in [9.17, 15) is 0 Å². The Hall–Kier alpha value is -0.810. The number of thioether (sulfide) groups is 1. The van der Waals surface area contributed by atoms with Gasteiger partial charge in [0.25, 0.3) is 0 Å². The zero-order chi connectivity index (χ0) is 12.1. The Bertz CT molecular complexity index is 454. The second kappa shape index (κ2) is 6.21. The number of benzene rings is 1. The number of thiophene rings is 1. The van der Waals surface area contributed by atoms with Gasteiger partial charge in [0.2, 0.25) is 0 Å². The molecule has 0 saturated carbocycles. The fraction of sp³-hybridized carbons (Fsp3) is 0.231. The van der Waals surface area contributed by atoms with Gasteiger partial charge in [-0.25, -0.2) is 0 Å². The van der Waals surface area contributed by atoms with E-state index in [-0.39, 0.29) is 6.04 Å². The first-order valence-electron chi connectivity index (χ1n) is 5.48. The largest absolute Gasteiger partial charge is 0.271 e. The molecule has 1 atom stereocenters. The minimum absolute atomic E-state index is 0.214. The lowest BCUT2D eigenvalue weighted by Crippen LogP contribution is -2.29. The number of nitrogens with two attached hydrogens (primary N) is 1. The summed E-state index contributed by atoms with van der Waals surface area (Å²) in [5.41, 5.74) is 5.46. The molecule has 2 nitrogen and oxygen atoms in total. The highest BCUT2D eigenvalue weighted by molar-refractivity contribution is 7.99. The summed E-state index contributed by atoms with van der Waals surface area (Å²) in [6.45, 7) is 2.14. The first-order valence-corrected chi connectivity index (χ1v) is 7.40. The Morgan fingerprint density at radius 2 is 2.18 bits per heavy atom. The Kier molecular flexibility index (Phi) is 4.62. The SMILES string of the molecule is Cc1ccccc1SCC(NN)c1ccsc1. The third-order valence-electron chi connectivity index (χ3n) is 2.65. The number of hydrogen-bond donors (Lipinski definition) is 2. The predicted molar refractivity (Wildman–Crippen MR) is 76.3 cm³/mol. The highest BCUT2D eigenvalue weighted by Gasteiger charge is 2.10. The van der Waals surface area contributed by atoms with Crippen molar-refractivity contribution < 1.29 is 0 Å². The van der Waals surface area contributed by atoms with Gasteiger partial charge in [0.1, 0.15) is 0 Å². The highest BCUT2D eigenvalue weighted by atomic mass is 32.2. The van der Waals surface area contributed by atoms with Crippen molar-refractivity contribution in [2.45, 2.75) is 17.9 Å². The minimum atomic E-state index is 0.214. The van der Waals surface area contributed by atoms with Gasteiger partial charge in [-0.2, -0.15) is 11.3 Å². The average molecular weight is 264 g/mol. The van der Waals surface area contributed by atoms with Gasteiger partial charge in [0, 0.05) is 10.6 Å². The van der Waals surface area contributed by atoms with E-state index >= 15 is 0 Å². The summed E-state index contributed by atoms with van der Waals surface area (Å²) >= 11 is 3.54. The van der Waals surface area contributed by atoms with Crippen molar-refractivity contribution in [3.05, 3.63) is 52.2 Å². The van der Waals surface area contributed by atoms with Crippen LogP contribution in [0.3, 0.4) is 0 Å². The number of hydrazine groups is 1. The Morgan fingerprint density at radius 3 is 2.82 bits per heavy atom. The zero-order valence-electron chi connectivity index (χ0n) is 9.72. The second-order valence-electron chi connectivity index (χ2n) is 3.85.